The van der Waals surface area contributed by atoms with Gasteiger partial charge >= 0.3 is 5.97 Å². The largest absolute Gasteiger partial charge is 0.492 e. The molecule has 3 aliphatic heterocycles. The van der Waals surface area contributed by atoms with Gasteiger partial charge in [-0.1, -0.05) is 66.1 Å². The lowest BCUT2D eigenvalue weighted by molar-refractivity contribution is -0.145. The number of allylic oxidation sites excluding steroid dienone is 2. The Bertz CT molecular complexity index is 2950. The van der Waals surface area contributed by atoms with Crippen molar-refractivity contribution in [3.05, 3.63) is 136 Å². The summed E-state index contributed by atoms with van der Waals surface area (Å²) in [6.45, 7) is 12.1. The molecule has 3 aliphatic rings. The molecule has 2 bridgehead atoms. The first-order valence-electron chi connectivity index (χ1n) is 24.3. The van der Waals surface area contributed by atoms with Gasteiger partial charge in [-0.25, -0.2) is 29.1 Å². The number of piperazine rings is 2. The van der Waals surface area contributed by atoms with Gasteiger partial charge in [0.25, 0.3) is 0 Å². The van der Waals surface area contributed by atoms with Crippen molar-refractivity contribution in [2.45, 2.75) is 32.1 Å². The van der Waals surface area contributed by atoms with Crippen LogP contribution < -0.4 is 14.2 Å². The number of aliphatic carboxylic acids is 1. The van der Waals surface area contributed by atoms with Gasteiger partial charge < -0.3 is 29.1 Å². The fraction of sp³-hybridized carbons (Fsp3) is 0.364. The predicted octanol–water partition coefficient (Wildman–Crippen LogP) is 7.52. The number of likely N-dealkylation sites (N-methyl/N-ethyl adjacent to an activating group) is 2. The first-order chi connectivity index (χ1) is 35.0. The number of benzene rings is 3. The highest BCUT2D eigenvalue weighted by Crippen LogP contribution is 2.42. The van der Waals surface area contributed by atoms with Gasteiger partial charge in [-0.05, 0) is 84.7 Å². The third kappa shape index (κ3) is 13.0. The molecular formula is C55H59ClFN9O5S. The van der Waals surface area contributed by atoms with Gasteiger partial charge in [-0.3, -0.25) is 14.7 Å². The highest BCUT2D eigenvalue weighted by molar-refractivity contribution is 7.22. The van der Waals surface area contributed by atoms with Crippen LogP contribution in [0.5, 0.6) is 17.4 Å². The van der Waals surface area contributed by atoms with Gasteiger partial charge in [-0.15, -0.1) is 17.8 Å². The van der Waals surface area contributed by atoms with Crippen LogP contribution in [0.2, 0.25) is 0 Å². The van der Waals surface area contributed by atoms with Crippen LogP contribution in [-0.2, 0) is 30.8 Å². The van der Waals surface area contributed by atoms with Crippen LogP contribution >= 0.6 is 22.9 Å². The molecule has 0 spiro atoms. The number of nitrogens with zero attached hydrogens (tertiary/aromatic N) is 9. The topological polar surface area (TPSA) is 133 Å². The maximum absolute atomic E-state index is 14.2. The standard InChI is InChI=1S/C55H59ClFN9O5S/c1-4-47(56)41-8-6-10-46-50-53(59-37-60-54(50)72-51(46)39-12-14-43(57)15-13-39)71-49(55(67)68)33-42-31-38(34-66(35-41)28-27-64-23-19-62(2)20-24-64)11-16-48(42)70-36-44-17-18-58-52(61-44)40-7-5-9-45(32-40)69-30-29-65-25-21-63(3)22-26-65/h1,5-9,11-18,31-32,37,49H,10,19-30,33-36H2,2-3H3,(H,67,68)/b8-6-,47-41-/t49-/m1/s1. The number of carbonyl (C=O) groups is 1. The summed E-state index contributed by atoms with van der Waals surface area (Å²) >= 11 is 8.26. The number of carboxylic acids is 1. The van der Waals surface area contributed by atoms with Crippen molar-refractivity contribution in [2.75, 3.05) is 99.2 Å². The van der Waals surface area contributed by atoms with Gasteiger partial charge in [0.15, 0.2) is 5.82 Å². The number of carboxylic acid groups (broad SMARTS) is 1. The zero-order chi connectivity index (χ0) is 50.0. The minimum Gasteiger partial charge on any atom is -0.492 e. The maximum Gasteiger partial charge on any atom is 0.345 e. The Kier molecular flexibility index (Phi) is 16.8. The van der Waals surface area contributed by atoms with Crippen LogP contribution in [0.25, 0.3) is 32.0 Å². The molecule has 0 saturated carbocycles. The Balaban J connectivity index is 1.03. The number of hydrogen-bond acceptors (Lipinski definition) is 14. The second-order valence-corrected chi connectivity index (χ2v) is 19.9. The summed E-state index contributed by atoms with van der Waals surface area (Å²) in [4.78, 5) is 45.2. The highest BCUT2D eigenvalue weighted by Gasteiger charge is 2.28. The van der Waals surface area contributed by atoms with Crippen LogP contribution in [0.4, 0.5) is 4.39 Å². The first kappa shape index (κ1) is 50.6. The second-order valence-electron chi connectivity index (χ2n) is 18.5. The molecule has 6 aromatic rings. The zero-order valence-electron chi connectivity index (χ0n) is 40.7. The third-order valence-corrected chi connectivity index (χ3v) is 14.9. The number of rotatable bonds is 13. The van der Waals surface area contributed by atoms with E-state index in [1.165, 1.54) is 29.8 Å². The molecule has 1 N–H and O–H groups in total. The molecular weight excluding hydrogens is 953 g/mol. The van der Waals surface area contributed by atoms with E-state index in [1.807, 2.05) is 54.6 Å². The lowest BCUT2D eigenvalue weighted by atomic mass is 10.0. The molecule has 1 atom stereocenters. The molecule has 0 unspecified atom stereocenters. The molecule has 374 valence electrons. The summed E-state index contributed by atoms with van der Waals surface area (Å²) in [6.07, 6.45) is 12.0. The first-order valence-corrected chi connectivity index (χ1v) is 25.5. The van der Waals surface area contributed by atoms with E-state index in [4.69, 9.17) is 37.2 Å². The predicted molar refractivity (Wildman–Crippen MR) is 280 cm³/mol. The number of hydrogen-bond donors (Lipinski definition) is 1. The molecule has 2 saturated heterocycles. The van der Waals surface area contributed by atoms with E-state index in [2.05, 4.69) is 59.5 Å². The minimum atomic E-state index is -1.37. The quantitative estimate of drug-likeness (QED) is 0.114. The van der Waals surface area contributed by atoms with E-state index in [1.54, 1.807) is 24.4 Å². The maximum atomic E-state index is 14.2. The third-order valence-electron chi connectivity index (χ3n) is 13.3. The van der Waals surface area contributed by atoms with Crippen molar-refractivity contribution >= 4 is 39.1 Å². The van der Waals surface area contributed by atoms with Crippen molar-refractivity contribution in [3.8, 4) is 51.6 Å². The molecule has 0 radical (unpaired) electrons. The number of thiophene rings is 1. The van der Waals surface area contributed by atoms with Gasteiger partial charge in [0.1, 0.15) is 41.7 Å². The number of fused-ring (bicyclic) bond motifs is 2. The van der Waals surface area contributed by atoms with E-state index < -0.39 is 12.1 Å². The SMILES string of the molecule is C#C/C(Cl)=C1\C=C/Cc2c(-c3ccc(F)cc3)sc3ncnc(c23)O[C@@H](C(=O)O)Cc2cc(ccc2OCc2ccnc(-c3cccc(OCCN4CCN(C)CC4)c3)n2)CN(CCN2CCN(C)CC2)C1. The Hall–Kier alpha value is -6.29. The lowest BCUT2D eigenvalue weighted by Crippen LogP contribution is -2.47. The van der Waals surface area contributed by atoms with Crippen LogP contribution in [0.3, 0.4) is 0 Å². The Morgan fingerprint density at radius 2 is 1.62 bits per heavy atom. The van der Waals surface area contributed by atoms with E-state index in [0.29, 0.717) is 64.2 Å². The van der Waals surface area contributed by atoms with Crippen LogP contribution in [0, 0.1) is 18.2 Å². The summed E-state index contributed by atoms with van der Waals surface area (Å²) < 4.78 is 33.4. The van der Waals surface area contributed by atoms with E-state index in [9.17, 15) is 14.3 Å². The van der Waals surface area contributed by atoms with Crippen LogP contribution in [-0.4, -0.2) is 161 Å². The van der Waals surface area contributed by atoms with Crippen molar-refractivity contribution in [3.63, 3.8) is 0 Å². The molecule has 6 heterocycles. The highest BCUT2D eigenvalue weighted by atomic mass is 35.5. The van der Waals surface area contributed by atoms with Crippen LogP contribution in [0.1, 0.15) is 22.4 Å². The average Bonchev–Trinajstić information content (AvgIpc) is 3.77. The van der Waals surface area contributed by atoms with E-state index in [-0.39, 0.29) is 24.7 Å². The number of terminal acetylenes is 1. The zero-order valence-corrected chi connectivity index (χ0v) is 42.3. The molecule has 14 nitrogen and oxygen atoms in total. The minimum absolute atomic E-state index is 0.0554. The van der Waals surface area contributed by atoms with Gasteiger partial charge in [0.2, 0.25) is 12.0 Å². The number of halogens is 2. The Morgan fingerprint density at radius 3 is 2.38 bits per heavy atom. The van der Waals surface area contributed by atoms with E-state index in [0.717, 1.165) is 110 Å². The van der Waals surface area contributed by atoms with Crippen molar-refractivity contribution in [2.24, 2.45) is 0 Å². The molecule has 3 aromatic heterocycles. The van der Waals surface area contributed by atoms with E-state index >= 15 is 0 Å². The smallest absolute Gasteiger partial charge is 0.345 e. The van der Waals surface area contributed by atoms with Gasteiger partial charge in [0.05, 0.1) is 16.1 Å². The molecule has 9 rings (SSSR count). The summed E-state index contributed by atoms with van der Waals surface area (Å²) in [5.74, 6) is 3.01. The average molecular weight is 1010 g/mol. The molecule has 0 amide bonds. The molecule has 3 aromatic carbocycles. The molecule has 72 heavy (non-hydrogen) atoms. The lowest BCUT2D eigenvalue weighted by Gasteiger charge is -2.34. The number of aromatic nitrogens is 4. The monoisotopic (exact) mass is 1010 g/mol. The Labute approximate surface area is 429 Å². The van der Waals surface area contributed by atoms with Gasteiger partial charge in [0, 0.05) is 108 Å². The van der Waals surface area contributed by atoms with Crippen molar-refractivity contribution in [1.29, 1.82) is 0 Å². The normalized spacial score (nSPS) is 19.1. The van der Waals surface area contributed by atoms with Crippen LogP contribution in [0.15, 0.2) is 108 Å². The molecule has 0 aliphatic carbocycles. The summed E-state index contributed by atoms with van der Waals surface area (Å²) in [7, 11) is 4.30. The van der Waals surface area contributed by atoms with Crippen molar-refractivity contribution < 1.29 is 28.5 Å². The summed E-state index contributed by atoms with van der Waals surface area (Å²) in [5, 5.41) is 11.7. The van der Waals surface area contributed by atoms with Crippen molar-refractivity contribution in [1.82, 2.24) is 44.4 Å². The van der Waals surface area contributed by atoms with Gasteiger partial charge in [-0.2, -0.15) is 0 Å². The summed E-state index contributed by atoms with van der Waals surface area (Å²) in [5.41, 5.74) is 5.35. The Morgan fingerprint density at radius 1 is 0.875 bits per heavy atom. The second kappa shape index (κ2) is 24.0. The fourth-order valence-corrected chi connectivity index (χ4v) is 10.4. The summed E-state index contributed by atoms with van der Waals surface area (Å²) in [6, 6.07) is 21.7. The molecule has 17 heteroatoms. The fourth-order valence-electron chi connectivity index (χ4n) is 9.16. The molecule has 2 fully saturated rings. The number of ether oxygens (including phenoxy) is 3.